The van der Waals surface area contributed by atoms with Crippen LogP contribution in [-0.2, 0) is 4.74 Å². The van der Waals surface area contributed by atoms with Crippen LogP contribution in [0.1, 0.15) is 34.1 Å². The van der Waals surface area contributed by atoms with Crippen molar-refractivity contribution in [2.75, 3.05) is 13.7 Å². The fourth-order valence-corrected chi connectivity index (χ4v) is 0. The Kier molecular flexibility index (Phi) is 8.85. The first-order valence-corrected chi connectivity index (χ1v) is 3.73. The molecule has 0 atom stereocenters. The molecule has 0 aromatic carbocycles. The van der Waals surface area contributed by atoms with Gasteiger partial charge in [-0.15, -0.1) is 0 Å². The highest BCUT2D eigenvalue weighted by atomic mass is 16.5. The third-order valence-corrected chi connectivity index (χ3v) is 0.901. The van der Waals surface area contributed by atoms with Crippen molar-refractivity contribution in [2.24, 2.45) is 5.73 Å². The van der Waals surface area contributed by atoms with Crippen molar-refractivity contribution in [3.05, 3.63) is 0 Å². The quantitative estimate of drug-likeness (QED) is 0.613. The number of hydrogen-bond donors (Lipinski definition) is 1. The van der Waals surface area contributed by atoms with Gasteiger partial charge in [0, 0.05) is 7.11 Å². The molecule has 0 saturated heterocycles. The van der Waals surface area contributed by atoms with Crippen molar-refractivity contribution in [3.8, 4) is 0 Å². The third kappa shape index (κ3) is 24.7. The van der Waals surface area contributed by atoms with Gasteiger partial charge in [0.25, 0.3) is 0 Å². The average molecular weight is 147 g/mol. The van der Waals surface area contributed by atoms with Gasteiger partial charge in [-0.2, -0.15) is 0 Å². The van der Waals surface area contributed by atoms with E-state index in [0.717, 1.165) is 13.0 Å². The molecule has 0 spiro atoms. The summed E-state index contributed by atoms with van der Waals surface area (Å²) in [4.78, 5) is 0. The van der Waals surface area contributed by atoms with Crippen LogP contribution in [0.15, 0.2) is 0 Å². The molecule has 0 bridgehead atoms. The maximum atomic E-state index is 5.03. The molecule has 0 aliphatic heterocycles. The van der Waals surface area contributed by atoms with Crippen LogP contribution in [0.2, 0.25) is 0 Å². The fourth-order valence-electron chi connectivity index (χ4n) is 0. The van der Waals surface area contributed by atoms with E-state index in [0.29, 0.717) is 0 Å². The molecule has 10 heavy (non-hydrogen) atoms. The van der Waals surface area contributed by atoms with E-state index in [1.54, 1.807) is 7.11 Å². The number of nitrogens with two attached hydrogens (primary N) is 1. The molecule has 0 radical (unpaired) electrons. The second-order valence-electron chi connectivity index (χ2n) is 3.11. The summed E-state index contributed by atoms with van der Waals surface area (Å²) in [5, 5.41) is 0. The summed E-state index contributed by atoms with van der Waals surface area (Å²) in [6.07, 6.45) is 1.10. The molecule has 0 aliphatic carbocycles. The van der Waals surface area contributed by atoms with E-state index in [1.807, 2.05) is 20.8 Å². The minimum absolute atomic E-state index is 0.0417. The molecule has 0 heterocycles. The summed E-state index contributed by atoms with van der Waals surface area (Å²) in [6, 6.07) is 0. The van der Waals surface area contributed by atoms with Gasteiger partial charge in [0.05, 0.1) is 5.60 Å². The van der Waals surface area contributed by atoms with Crippen LogP contribution >= 0.6 is 0 Å². The first-order chi connectivity index (χ1) is 4.47. The highest BCUT2D eigenvalue weighted by Crippen LogP contribution is 2.02. The highest BCUT2D eigenvalue weighted by Gasteiger charge is 2.03. The zero-order valence-corrected chi connectivity index (χ0v) is 7.90. The Hall–Kier alpha value is -0.0800. The average Bonchev–Trinajstić information content (AvgIpc) is 1.87. The van der Waals surface area contributed by atoms with E-state index < -0.39 is 0 Å². The van der Waals surface area contributed by atoms with Gasteiger partial charge in [-0.25, -0.2) is 0 Å². The number of methoxy groups -OCH3 is 1. The van der Waals surface area contributed by atoms with Crippen LogP contribution in [0.25, 0.3) is 0 Å². The summed E-state index contributed by atoms with van der Waals surface area (Å²) in [6.45, 7) is 8.94. The first kappa shape index (κ1) is 12.6. The second-order valence-corrected chi connectivity index (χ2v) is 3.11. The fraction of sp³-hybridized carbons (Fsp3) is 1.00. The predicted molar refractivity (Wildman–Crippen MR) is 46.1 cm³/mol. The largest absolute Gasteiger partial charge is 0.379 e. The Labute approximate surface area is 64.8 Å². The Bertz CT molecular complexity index is 54.8. The van der Waals surface area contributed by atoms with Gasteiger partial charge in [0.15, 0.2) is 0 Å². The molecule has 0 aromatic rings. The van der Waals surface area contributed by atoms with E-state index in [1.165, 1.54) is 0 Å². The van der Waals surface area contributed by atoms with Crippen molar-refractivity contribution >= 4 is 0 Å². The van der Waals surface area contributed by atoms with E-state index in [4.69, 9.17) is 10.5 Å². The SMILES string of the molecule is CCCN.COC(C)(C)C. The van der Waals surface area contributed by atoms with Crippen molar-refractivity contribution in [1.29, 1.82) is 0 Å². The lowest BCUT2D eigenvalue weighted by atomic mass is 10.2. The number of ether oxygens (including phenoxy) is 1. The molecule has 0 unspecified atom stereocenters. The molecule has 0 amide bonds. The molecule has 0 aromatic heterocycles. The zero-order chi connectivity index (χ0) is 8.62. The Morgan fingerprint density at radius 1 is 1.30 bits per heavy atom. The van der Waals surface area contributed by atoms with E-state index in [-0.39, 0.29) is 5.60 Å². The van der Waals surface area contributed by atoms with Crippen LogP contribution in [0.5, 0.6) is 0 Å². The van der Waals surface area contributed by atoms with Gasteiger partial charge < -0.3 is 10.5 Å². The summed E-state index contributed by atoms with van der Waals surface area (Å²) in [5.41, 5.74) is 5.07. The van der Waals surface area contributed by atoms with Crippen molar-refractivity contribution in [2.45, 2.75) is 39.7 Å². The maximum Gasteiger partial charge on any atom is 0.0594 e. The van der Waals surface area contributed by atoms with Crippen molar-refractivity contribution in [3.63, 3.8) is 0 Å². The topological polar surface area (TPSA) is 35.2 Å². The molecular weight excluding hydrogens is 126 g/mol. The van der Waals surface area contributed by atoms with Gasteiger partial charge >= 0.3 is 0 Å². The molecule has 2 heteroatoms. The Morgan fingerprint density at radius 3 is 1.50 bits per heavy atom. The molecular formula is C8H21NO. The molecule has 0 rings (SSSR count). The molecule has 0 aliphatic rings. The van der Waals surface area contributed by atoms with Crippen LogP contribution < -0.4 is 5.73 Å². The van der Waals surface area contributed by atoms with E-state index in [2.05, 4.69) is 6.92 Å². The van der Waals surface area contributed by atoms with Gasteiger partial charge in [-0.05, 0) is 33.7 Å². The van der Waals surface area contributed by atoms with Gasteiger partial charge in [-0.3, -0.25) is 0 Å². The molecule has 2 N–H and O–H groups in total. The standard InChI is InChI=1S/C5H12O.C3H9N/c1-5(2,3)6-4;1-2-3-4/h1-4H3;2-4H2,1H3. The predicted octanol–water partition coefficient (Wildman–Crippen LogP) is 1.79. The minimum Gasteiger partial charge on any atom is -0.379 e. The Balaban J connectivity index is 0. The first-order valence-electron chi connectivity index (χ1n) is 3.73. The van der Waals surface area contributed by atoms with Crippen LogP contribution in [0, 0.1) is 0 Å². The van der Waals surface area contributed by atoms with Gasteiger partial charge in [0.2, 0.25) is 0 Å². The normalized spacial score (nSPS) is 10.2. The number of rotatable bonds is 1. The van der Waals surface area contributed by atoms with Crippen LogP contribution in [-0.4, -0.2) is 19.3 Å². The summed E-state index contributed by atoms with van der Waals surface area (Å²) in [7, 11) is 1.71. The van der Waals surface area contributed by atoms with Crippen molar-refractivity contribution in [1.82, 2.24) is 0 Å². The smallest absolute Gasteiger partial charge is 0.0594 e. The summed E-state index contributed by atoms with van der Waals surface area (Å²) in [5.74, 6) is 0. The second kappa shape index (κ2) is 7.03. The lowest BCUT2D eigenvalue weighted by molar-refractivity contribution is 0.0397. The van der Waals surface area contributed by atoms with Gasteiger partial charge in [0.1, 0.15) is 0 Å². The van der Waals surface area contributed by atoms with Crippen molar-refractivity contribution < 1.29 is 4.74 Å². The third-order valence-electron chi connectivity index (χ3n) is 0.901. The van der Waals surface area contributed by atoms with E-state index >= 15 is 0 Å². The van der Waals surface area contributed by atoms with Gasteiger partial charge in [-0.1, -0.05) is 6.92 Å². The lowest BCUT2D eigenvalue weighted by Gasteiger charge is -2.14. The lowest BCUT2D eigenvalue weighted by Crippen LogP contribution is -2.15. The Morgan fingerprint density at radius 2 is 1.50 bits per heavy atom. The maximum absolute atomic E-state index is 5.03. The van der Waals surface area contributed by atoms with Crippen LogP contribution in [0.4, 0.5) is 0 Å². The van der Waals surface area contributed by atoms with Crippen LogP contribution in [0.3, 0.4) is 0 Å². The number of hydrogen-bond acceptors (Lipinski definition) is 2. The highest BCUT2D eigenvalue weighted by molar-refractivity contribution is 4.55. The minimum atomic E-state index is 0.0417. The zero-order valence-electron chi connectivity index (χ0n) is 7.90. The summed E-state index contributed by atoms with van der Waals surface area (Å²) >= 11 is 0. The molecule has 0 fully saturated rings. The molecule has 0 saturated carbocycles. The monoisotopic (exact) mass is 147 g/mol. The molecule has 2 nitrogen and oxygen atoms in total. The van der Waals surface area contributed by atoms with E-state index in [9.17, 15) is 0 Å². The summed E-state index contributed by atoms with van der Waals surface area (Å²) < 4.78 is 4.94. The molecule has 64 valence electrons.